The van der Waals surface area contributed by atoms with Gasteiger partial charge in [-0.2, -0.15) is 0 Å². The molecule has 0 spiro atoms. The van der Waals surface area contributed by atoms with Crippen LogP contribution in [0.2, 0.25) is 0 Å². The Hall–Kier alpha value is -3.96. The Bertz CT molecular complexity index is 1900. The number of nitrogens with zero attached hydrogens (tertiary/aromatic N) is 2. The third-order valence-electron chi connectivity index (χ3n) is 7.99. The molecule has 1 unspecified atom stereocenters. The molecular formula is C31H22N2O2S. The second-order valence-electron chi connectivity index (χ2n) is 9.83. The van der Waals surface area contributed by atoms with Gasteiger partial charge in [-0.15, -0.1) is 0 Å². The quantitative estimate of drug-likeness (QED) is 0.331. The minimum absolute atomic E-state index is 0.197. The number of hydrogen-bond acceptors (Lipinski definition) is 3. The first-order chi connectivity index (χ1) is 17.6. The first-order valence-corrected chi connectivity index (χ1v) is 13.9. The van der Waals surface area contributed by atoms with E-state index in [1.807, 2.05) is 22.8 Å². The first-order valence-electron chi connectivity index (χ1n) is 12.4. The van der Waals surface area contributed by atoms with Crippen molar-refractivity contribution in [2.75, 3.05) is 0 Å². The van der Waals surface area contributed by atoms with E-state index >= 15 is 0 Å². The molecule has 174 valence electrons. The molecule has 2 heterocycles. The molecule has 4 nitrogen and oxygen atoms in total. The molecule has 3 aromatic rings. The van der Waals surface area contributed by atoms with Crippen molar-refractivity contribution < 1.29 is 8.42 Å². The van der Waals surface area contributed by atoms with E-state index in [1.54, 1.807) is 12.1 Å². The van der Waals surface area contributed by atoms with Crippen LogP contribution in [0, 0.1) is 5.92 Å². The van der Waals surface area contributed by atoms with Crippen molar-refractivity contribution in [1.82, 2.24) is 9.55 Å². The van der Waals surface area contributed by atoms with Crippen molar-refractivity contribution in [3.05, 3.63) is 124 Å². The second-order valence-corrected chi connectivity index (χ2v) is 11.7. The molecule has 0 amide bonds. The zero-order valence-corrected chi connectivity index (χ0v) is 20.5. The van der Waals surface area contributed by atoms with Crippen LogP contribution in [0.15, 0.2) is 123 Å². The highest BCUT2D eigenvalue weighted by Crippen LogP contribution is 2.51. The maximum Gasteiger partial charge on any atom is 0.210 e. The van der Waals surface area contributed by atoms with E-state index in [-0.39, 0.29) is 5.92 Å². The van der Waals surface area contributed by atoms with E-state index < -0.39 is 9.84 Å². The molecule has 2 aromatic carbocycles. The van der Waals surface area contributed by atoms with Crippen LogP contribution in [0.25, 0.3) is 22.3 Å². The van der Waals surface area contributed by atoms with Gasteiger partial charge in [0.1, 0.15) is 5.82 Å². The Labute approximate surface area is 209 Å². The highest BCUT2D eigenvalue weighted by molar-refractivity contribution is 7.92. The van der Waals surface area contributed by atoms with Crippen LogP contribution < -0.4 is 0 Å². The summed E-state index contributed by atoms with van der Waals surface area (Å²) in [4.78, 5) is 5.43. The zero-order chi connectivity index (χ0) is 24.2. The van der Waals surface area contributed by atoms with Gasteiger partial charge >= 0.3 is 0 Å². The van der Waals surface area contributed by atoms with E-state index in [0.717, 1.165) is 35.3 Å². The maximum absolute atomic E-state index is 13.9. The molecule has 8 rings (SSSR count). The number of benzene rings is 2. The smallest absolute Gasteiger partial charge is 0.210 e. The van der Waals surface area contributed by atoms with Crippen LogP contribution in [0.4, 0.5) is 0 Å². The normalized spacial score (nSPS) is 22.0. The monoisotopic (exact) mass is 486 g/mol. The number of aromatic nitrogens is 2. The molecule has 36 heavy (non-hydrogen) atoms. The molecular weight excluding hydrogens is 464 g/mol. The standard InChI is InChI=1S/C31H22N2O2S/c1-2-28-32-24-10-5-11-26-31(24)33(28)25-15-14-20(17-27(25)36(26,34)35)23-16-21-8-3-6-18-12-13-19-7-4-9-22(23)30(19)29(18)21/h3-7,9-17,30H,2,8H2,1H3. The summed E-state index contributed by atoms with van der Waals surface area (Å²) in [6, 6.07) is 11.3. The second kappa shape index (κ2) is 6.83. The van der Waals surface area contributed by atoms with Crippen LogP contribution in [0.3, 0.4) is 0 Å². The van der Waals surface area contributed by atoms with Gasteiger partial charge in [-0.3, -0.25) is 4.57 Å². The molecule has 0 N–H and O–H groups in total. The summed E-state index contributed by atoms with van der Waals surface area (Å²) in [5.41, 5.74) is 10.7. The summed E-state index contributed by atoms with van der Waals surface area (Å²) in [5, 5.41) is 0. The van der Waals surface area contributed by atoms with Gasteiger partial charge in [0, 0.05) is 12.3 Å². The van der Waals surface area contributed by atoms with Crippen LogP contribution in [0.5, 0.6) is 0 Å². The summed E-state index contributed by atoms with van der Waals surface area (Å²) in [7, 11) is -3.69. The summed E-state index contributed by atoms with van der Waals surface area (Å²) < 4.78 is 29.9. The van der Waals surface area contributed by atoms with Crippen molar-refractivity contribution in [2.24, 2.45) is 5.92 Å². The molecule has 5 heteroatoms. The summed E-state index contributed by atoms with van der Waals surface area (Å²) in [6.45, 7) is 2.05. The van der Waals surface area contributed by atoms with Gasteiger partial charge < -0.3 is 0 Å². The molecule has 1 aromatic heterocycles. The van der Waals surface area contributed by atoms with Gasteiger partial charge in [-0.1, -0.05) is 67.7 Å². The third kappa shape index (κ3) is 2.43. The minimum atomic E-state index is -3.69. The van der Waals surface area contributed by atoms with E-state index in [2.05, 4.69) is 61.6 Å². The number of imidazole rings is 1. The number of para-hydroxylation sites is 1. The largest absolute Gasteiger partial charge is 0.294 e. The van der Waals surface area contributed by atoms with Gasteiger partial charge in [-0.25, -0.2) is 13.4 Å². The maximum atomic E-state index is 13.9. The number of sulfone groups is 1. The number of fused-ring (bicyclic) bond motifs is 2. The average Bonchev–Trinajstić information content (AvgIpc) is 3.29. The summed E-state index contributed by atoms with van der Waals surface area (Å²) >= 11 is 0. The molecule has 0 bridgehead atoms. The molecule has 0 saturated carbocycles. The minimum Gasteiger partial charge on any atom is -0.294 e. The number of aryl methyl sites for hydroxylation is 1. The predicted molar refractivity (Wildman–Crippen MR) is 142 cm³/mol. The number of hydrogen-bond donors (Lipinski definition) is 0. The Balaban J connectivity index is 1.39. The molecule has 1 atom stereocenters. The van der Waals surface area contributed by atoms with Crippen molar-refractivity contribution >= 4 is 26.4 Å². The lowest BCUT2D eigenvalue weighted by atomic mass is 9.66. The first kappa shape index (κ1) is 20.3. The van der Waals surface area contributed by atoms with E-state index in [9.17, 15) is 8.42 Å². The lowest BCUT2D eigenvalue weighted by molar-refractivity contribution is 0.594. The molecule has 4 aliphatic carbocycles. The molecule has 0 saturated heterocycles. The lowest BCUT2D eigenvalue weighted by Gasteiger charge is -2.37. The van der Waals surface area contributed by atoms with Gasteiger partial charge in [0.25, 0.3) is 0 Å². The Morgan fingerprint density at radius 1 is 1.06 bits per heavy atom. The van der Waals surface area contributed by atoms with Gasteiger partial charge in [0.15, 0.2) is 0 Å². The number of rotatable bonds is 2. The fourth-order valence-corrected chi connectivity index (χ4v) is 8.10. The van der Waals surface area contributed by atoms with E-state index in [4.69, 9.17) is 4.98 Å². The SMILES string of the molecule is CCc1nc2cccc3c2n1-c1ccc(C2=C4C=CC=C5C=CC6=C(C(=C2)CC=C6)C54)cc1S3(=O)=O. The molecule has 1 aliphatic heterocycles. The fraction of sp³-hybridized carbons (Fsp3) is 0.129. The van der Waals surface area contributed by atoms with E-state index in [0.29, 0.717) is 21.0 Å². The molecule has 0 radical (unpaired) electrons. The van der Waals surface area contributed by atoms with E-state index in [1.165, 1.54) is 27.9 Å². The summed E-state index contributed by atoms with van der Waals surface area (Å²) in [6.07, 6.45) is 19.2. The predicted octanol–water partition coefficient (Wildman–Crippen LogP) is 6.37. The topological polar surface area (TPSA) is 52.0 Å². The van der Waals surface area contributed by atoms with Crippen molar-refractivity contribution in [2.45, 2.75) is 29.6 Å². The van der Waals surface area contributed by atoms with Gasteiger partial charge in [0.2, 0.25) is 9.84 Å². The van der Waals surface area contributed by atoms with Crippen LogP contribution in [-0.2, 0) is 16.3 Å². The van der Waals surface area contributed by atoms with Crippen molar-refractivity contribution in [3.63, 3.8) is 0 Å². The van der Waals surface area contributed by atoms with Crippen molar-refractivity contribution in [1.29, 1.82) is 0 Å². The third-order valence-corrected chi connectivity index (χ3v) is 9.80. The van der Waals surface area contributed by atoms with Gasteiger partial charge in [0.05, 0.1) is 26.5 Å². The average molecular weight is 487 g/mol. The Morgan fingerprint density at radius 2 is 1.97 bits per heavy atom. The Kier molecular flexibility index (Phi) is 3.84. The number of allylic oxidation sites excluding steroid dienone is 14. The highest BCUT2D eigenvalue weighted by Gasteiger charge is 2.37. The fourth-order valence-electron chi connectivity index (χ4n) is 6.44. The van der Waals surface area contributed by atoms with Crippen LogP contribution >= 0.6 is 0 Å². The lowest BCUT2D eigenvalue weighted by Crippen LogP contribution is -2.22. The van der Waals surface area contributed by atoms with Crippen LogP contribution in [0.1, 0.15) is 24.7 Å². The zero-order valence-electron chi connectivity index (χ0n) is 19.7. The Morgan fingerprint density at radius 3 is 2.86 bits per heavy atom. The summed E-state index contributed by atoms with van der Waals surface area (Å²) in [5.74, 6) is 1.07. The molecule has 0 fully saturated rings. The molecule has 5 aliphatic rings. The highest BCUT2D eigenvalue weighted by atomic mass is 32.2. The van der Waals surface area contributed by atoms with Crippen LogP contribution in [-0.4, -0.2) is 18.0 Å². The van der Waals surface area contributed by atoms with Crippen molar-refractivity contribution in [3.8, 4) is 5.69 Å². The van der Waals surface area contributed by atoms with Gasteiger partial charge in [-0.05, 0) is 69.7 Å².